The van der Waals surface area contributed by atoms with Gasteiger partial charge in [-0.1, -0.05) is 56.3 Å². The summed E-state index contributed by atoms with van der Waals surface area (Å²) >= 11 is 0. The van der Waals surface area contributed by atoms with Gasteiger partial charge in [0.2, 0.25) is 5.91 Å². The summed E-state index contributed by atoms with van der Waals surface area (Å²) in [5, 5.41) is 14.5. The molecule has 2 atom stereocenters. The van der Waals surface area contributed by atoms with Crippen LogP contribution in [0.1, 0.15) is 25.8 Å². The second-order valence-electron chi connectivity index (χ2n) is 7.37. The lowest BCUT2D eigenvalue weighted by atomic mass is 9.94. The van der Waals surface area contributed by atoms with E-state index in [1.807, 2.05) is 42.5 Å². The lowest BCUT2D eigenvalue weighted by molar-refractivity contribution is -0.141. The van der Waals surface area contributed by atoms with E-state index in [0.29, 0.717) is 6.42 Å². The summed E-state index contributed by atoms with van der Waals surface area (Å²) in [4.78, 5) is 23.7. The molecule has 2 aromatic carbocycles. The molecule has 24 heavy (non-hydrogen) atoms. The quantitative estimate of drug-likeness (QED) is 0.857. The van der Waals surface area contributed by atoms with Crippen molar-refractivity contribution in [1.82, 2.24) is 5.32 Å². The molecule has 0 aromatic heterocycles. The van der Waals surface area contributed by atoms with Crippen molar-refractivity contribution in [3.63, 3.8) is 0 Å². The van der Waals surface area contributed by atoms with E-state index in [1.54, 1.807) is 0 Å². The number of hydrogen-bond donors (Lipinski definition) is 2. The van der Waals surface area contributed by atoms with Gasteiger partial charge in [-0.2, -0.15) is 0 Å². The van der Waals surface area contributed by atoms with Crippen LogP contribution in [0.2, 0.25) is 0 Å². The van der Waals surface area contributed by atoms with Gasteiger partial charge in [-0.3, -0.25) is 9.59 Å². The molecule has 0 bridgehead atoms. The van der Waals surface area contributed by atoms with E-state index in [2.05, 4.69) is 19.2 Å². The molecule has 1 fully saturated rings. The number of carbonyl (C=O) groups is 2. The Morgan fingerprint density at radius 2 is 1.88 bits per heavy atom. The van der Waals surface area contributed by atoms with Gasteiger partial charge in [0.15, 0.2) is 0 Å². The van der Waals surface area contributed by atoms with Gasteiger partial charge in [0.05, 0.1) is 5.92 Å². The first-order valence-corrected chi connectivity index (χ1v) is 8.35. The van der Waals surface area contributed by atoms with E-state index >= 15 is 0 Å². The zero-order chi connectivity index (χ0) is 17.3. The van der Waals surface area contributed by atoms with Crippen LogP contribution in [0.5, 0.6) is 0 Å². The molecule has 1 saturated carbocycles. The van der Waals surface area contributed by atoms with Gasteiger partial charge < -0.3 is 10.4 Å². The van der Waals surface area contributed by atoms with Crippen LogP contribution in [-0.4, -0.2) is 23.5 Å². The van der Waals surface area contributed by atoms with Crippen LogP contribution in [0.15, 0.2) is 42.5 Å². The van der Waals surface area contributed by atoms with Crippen molar-refractivity contribution in [1.29, 1.82) is 0 Å². The number of amides is 1. The summed E-state index contributed by atoms with van der Waals surface area (Å²) in [5.74, 6) is -1.51. The molecule has 0 aliphatic heterocycles. The molecule has 1 amide bonds. The number of hydrogen-bond acceptors (Lipinski definition) is 2. The molecule has 0 spiro atoms. The van der Waals surface area contributed by atoms with Crippen LogP contribution in [-0.2, 0) is 16.0 Å². The highest BCUT2D eigenvalue weighted by molar-refractivity contribution is 5.86. The number of nitrogens with one attached hydrogen (secondary N) is 1. The molecular weight excluding hydrogens is 302 g/mol. The minimum absolute atomic E-state index is 0.0181. The SMILES string of the molecule is CC1(C)CC1C(=O)NCC(Cc1cccc2ccccc12)C(=O)O. The standard InChI is InChI=1S/C20H23NO3/c1-20(2)11-17(20)18(22)21-12-15(19(23)24)10-14-8-5-7-13-6-3-4-9-16(13)14/h3-9,15,17H,10-12H2,1-2H3,(H,21,22)(H,23,24). The molecule has 3 rings (SSSR count). The number of fused-ring (bicyclic) bond motifs is 1. The molecule has 2 aromatic rings. The molecule has 4 nitrogen and oxygen atoms in total. The molecule has 2 N–H and O–H groups in total. The first kappa shape index (κ1) is 16.5. The topological polar surface area (TPSA) is 66.4 Å². The first-order chi connectivity index (χ1) is 11.4. The second-order valence-corrected chi connectivity index (χ2v) is 7.37. The third kappa shape index (κ3) is 3.42. The van der Waals surface area contributed by atoms with Crippen molar-refractivity contribution < 1.29 is 14.7 Å². The molecule has 0 saturated heterocycles. The van der Waals surface area contributed by atoms with Gasteiger partial charge in [-0.05, 0) is 34.6 Å². The Morgan fingerprint density at radius 3 is 2.54 bits per heavy atom. The Morgan fingerprint density at radius 1 is 1.21 bits per heavy atom. The molecule has 1 aliphatic carbocycles. The van der Waals surface area contributed by atoms with Crippen molar-refractivity contribution in [2.24, 2.45) is 17.3 Å². The van der Waals surface area contributed by atoms with Crippen molar-refractivity contribution >= 4 is 22.6 Å². The third-order valence-corrected chi connectivity index (χ3v) is 5.05. The maximum atomic E-state index is 12.1. The lowest BCUT2D eigenvalue weighted by Gasteiger charge is -2.15. The van der Waals surface area contributed by atoms with Crippen LogP contribution in [0.3, 0.4) is 0 Å². The second kappa shape index (κ2) is 6.27. The van der Waals surface area contributed by atoms with E-state index < -0.39 is 11.9 Å². The van der Waals surface area contributed by atoms with Crippen molar-refractivity contribution in [3.05, 3.63) is 48.0 Å². The highest BCUT2D eigenvalue weighted by Crippen LogP contribution is 2.51. The summed E-state index contributed by atoms with van der Waals surface area (Å²) in [6, 6.07) is 13.9. The van der Waals surface area contributed by atoms with Gasteiger partial charge >= 0.3 is 5.97 Å². The Kier molecular flexibility index (Phi) is 4.31. The maximum absolute atomic E-state index is 12.1. The zero-order valence-corrected chi connectivity index (χ0v) is 14.1. The third-order valence-electron chi connectivity index (χ3n) is 5.05. The number of carbonyl (C=O) groups excluding carboxylic acids is 1. The molecule has 0 heterocycles. The minimum Gasteiger partial charge on any atom is -0.481 e. The number of benzene rings is 2. The van der Waals surface area contributed by atoms with Crippen LogP contribution >= 0.6 is 0 Å². The largest absolute Gasteiger partial charge is 0.481 e. The summed E-state index contributed by atoms with van der Waals surface area (Å²) in [5.41, 5.74) is 1.06. The number of carboxylic acids is 1. The fourth-order valence-corrected chi connectivity index (χ4v) is 3.24. The molecular formula is C20H23NO3. The van der Waals surface area contributed by atoms with Crippen molar-refractivity contribution in [2.75, 3.05) is 6.54 Å². The Hall–Kier alpha value is -2.36. The maximum Gasteiger partial charge on any atom is 0.308 e. The molecule has 2 unspecified atom stereocenters. The highest BCUT2D eigenvalue weighted by Gasteiger charge is 2.50. The van der Waals surface area contributed by atoms with Gasteiger partial charge in [0.1, 0.15) is 0 Å². The predicted octanol–water partition coefficient (Wildman–Crippen LogP) is 3.25. The van der Waals surface area contributed by atoms with Crippen LogP contribution in [0, 0.1) is 17.3 Å². The fraction of sp³-hybridized carbons (Fsp3) is 0.400. The van der Waals surface area contributed by atoms with Gasteiger partial charge in [-0.15, -0.1) is 0 Å². The van der Waals surface area contributed by atoms with Crippen molar-refractivity contribution in [3.8, 4) is 0 Å². The predicted molar refractivity (Wildman–Crippen MR) is 93.7 cm³/mol. The normalized spacial score (nSPS) is 19.7. The summed E-state index contributed by atoms with van der Waals surface area (Å²) < 4.78 is 0. The molecule has 4 heteroatoms. The minimum atomic E-state index is -0.877. The van der Waals surface area contributed by atoms with Crippen LogP contribution < -0.4 is 5.32 Å². The average molecular weight is 325 g/mol. The summed E-state index contributed by atoms with van der Waals surface area (Å²) in [7, 11) is 0. The molecule has 0 radical (unpaired) electrons. The Labute approximate surface area is 141 Å². The van der Waals surface area contributed by atoms with Gasteiger partial charge in [0, 0.05) is 12.5 Å². The monoisotopic (exact) mass is 325 g/mol. The van der Waals surface area contributed by atoms with E-state index in [4.69, 9.17) is 0 Å². The van der Waals surface area contributed by atoms with Crippen molar-refractivity contribution in [2.45, 2.75) is 26.7 Å². The van der Waals surface area contributed by atoms with Crippen LogP contribution in [0.4, 0.5) is 0 Å². The fourth-order valence-electron chi connectivity index (χ4n) is 3.24. The number of aliphatic carboxylic acids is 1. The first-order valence-electron chi connectivity index (χ1n) is 8.35. The summed E-state index contributed by atoms with van der Waals surface area (Å²) in [6.07, 6.45) is 1.28. The molecule has 1 aliphatic rings. The lowest BCUT2D eigenvalue weighted by Crippen LogP contribution is -2.35. The Bertz CT molecular complexity index is 776. The number of rotatable bonds is 6. The van der Waals surface area contributed by atoms with Crippen LogP contribution in [0.25, 0.3) is 10.8 Å². The van der Waals surface area contributed by atoms with E-state index in [9.17, 15) is 14.7 Å². The van der Waals surface area contributed by atoms with Gasteiger partial charge in [0.25, 0.3) is 0 Å². The van der Waals surface area contributed by atoms with E-state index in [0.717, 1.165) is 22.8 Å². The molecule has 126 valence electrons. The number of carboxylic acid groups (broad SMARTS) is 1. The Balaban J connectivity index is 1.70. The highest BCUT2D eigenvalue weighted by atomic mass is 16.4. The summed E-state index contributed by atoms with van der Waals surface area (Å²) in [6.45, 7) is 4.29. The van der Waals surface area contributed by atoms with E-state index in [-0.39, 0.29) is 23.8 Å². The van der Waals surface area contributed by atoms with E-state index in [1.165, 1.54) is 0 Å². The van der Waals surface area contributed by atoms with Gasteiger partial charge in [-0.25, -0.2) is 0 Å². The smallest absolute Gasteiger partial charge is 0.308 e. The average Bonchev–Trinajstić information content (AvgIpc) is 3.19. The zero-order valence-electron chi connectivity index (χ0n) is 14.1.